The van der Waals surface area contributed by atoms with E-state index in [9.17, 15) is 8.42 Å². The lowest BCUT2D eigenvalue weighted by molar-refractivity contribution is 0.232. The summed E-state index contributed by atoms with van der Waals surface area (Å²) in [5.74, 6) is 1.14. The summed E-state index contributed by atoms with van der Waals surface area (Å²) in [6.07, 6.45) is 5.22. The molecule has 0 unspecified atom stereocenters. The lowest BCUT2D eigenvalue weighted by Crippen LogP contribution is -2.10. The molecule has 1 N–H and O–H groups in total. The van der Waals surface area contributed by atoms with Crippen LogP contribution in [0, 0.1) is 0 Å². The fourth-order valence-electron chi connectivity index (χ4n) is 1.97. The molecule has 0 spiro atoms. The molecule has 0 fully saturated rings. The number of anilines is 1. The molecule has 2 aromatic rings. The van der Waals surface area contributed by atoms with Gasteiger partial charge in [0.1, 0.15) is 5.82 Å². The number of aromatic nitrogens is 2. The molecule has 2 rings (SSSR count). The Bertz CT molecular complexity index is 743. The topological polar surface area (TPSA) is 81.2 Å². The van der Waals surface area contributed by atoms with Crippen molar-refractivity contribution in [2.75, 3.05) is 18.1 Å². The molecule has 0 bridgehead atoms. The zero-order chi connectivity index (χ0) is 16.9. The fourth-order valence-corrected chi connectivity index (χ4v) is 2.60. The van der Waals surface area contributed by atoms with E-state index < -0.39 is 9.84 Å². The Labute approximate surface area is 136 Å². The number of hydrogen-bond acceptors (Lipinski definition) is 6. The number of nitrogens with zero attached hydrogens (tertiary/aromatic N) is 2. The molecular weight excluding hydrogens is 314 g/mol. The van der Waals surface area contributed by atoms with Gasteiger partial charge in [0.25, 0.3) is 0 Å². The molecule has 124 valence electrons. The van der Waals surface area contributed by atoms with Crippen LogP contribution in [0.25, 0.3) is 0 Å². The standard InChI is InChI=1S/C16H21N3O3S/c1-12(2)22-16-11-17-10-15(19-16)18-9-8-13-4-6-14(7-5-13)23(3,20)21/h4-7,10-12H,8-9H2,1-3H3,(H,18,19). The second-order valence-corrected chi connectivity index (χ2v) is 7.52. The predicted octanol–water partition coefficient (Wildman–Crippen LogP) is 2.32. The van der Waals surface area contributed by atoms with Gasteiger partial charge >= 0.3 is 0 Å². The summed E-state index contributed by atoms with van der Waals surface area (Å²) in [5, 5.41) is 3.18. The molecule has 0 aliphatic rings. The van der Waals surface area contributed by atoms with Gasteiger partial charge in [-0.05, 0) is 38.0 Å². The Morgan fingerprint density at radius 2 is 1.87 bits per heavy atom. The summed E-state index contributed by atoms with van der Waals surface area (Å²) in [6.45, 7) is 4.53. The first-order valence-electron chi connectivity index (χ1n) is 7.36. The van der Waals surface area contributed by atoms with Gasteiger partial charge in [-0.2, -0.15) is 4.98 Å². The van der Waals surface area contributed by atoms with Gasteiger partial charge in [-0.25, -0.2) is 8.42 Å². The Morgan fingerprint density at radius 3 is 2.48 bits per heavy atom. The van der Waals surface area contributed by atoms with Gasteiger partial charge in [0.15, 0.2) is 9.84 Å². The van der Waals surface area contributed by atoms with Gasteiger partial charge in [0, 0.05) is 12.8 Å². The maximum Gasteiger partial charge on any atom is 0.234 e. The van der Waals surface area contributed by atoms with Crippen molar-refractivity contribution in [2.45, 2.75) is 31.3 Å². The van der Waals surface area contributed by atoms with Crippen molar-refractivity contribution in [1.82, 2.24) is 9.97 Å². The van der Waals surface area contributed by atoms with Crippen LogP contribution >= 0.6 is 0 Å². The SMILES string of the molecule is CC(C)Oc1cncc(NCCc2ccc(S(C)(=O)=O)cc2)n1. The molecule has 7 heteroatoms. The highest BCUT2D eigenvalue weighted by Gasteiger charge is 2.06. The fraction of sp³-hybridized carbons (Fsp3) is 0.375. The number of rotatable bonds is 7. The van der Waals surface area contributed by atoms with E-state index in [0.717, 1.165) is 12.0 Å². The summed E-state index contributed by atoms with van der Waals surface area (Å²) < 4.78 is 28.3. The minimum Gasteiger partial charge on any atom is -0.474 e. The number of benzene rings is 1. The van der Waals surface area contributed by atoms with E-state index >= 15 is 0 Å². The molecule has 0 aliphatic heterocycles. The first-order chi connectivity index (χ1) is 10.8. The molecule has 1 aromatic heterocycles. The summed E-state index contributed by atoms with van der Waals surface area (Å²) in [6, 6.07) is 6.90. The van der Waals surface area contributed by atoms with E-state index in [1.807, 2.05) is 26.0 Å². The van der Waals surface area contributed by atoms with E-state index in [2.05, 4.69) is 15.3 Å². The highest BCUT2D eigenvalue weighted by atomic mass is 32.2. The quantitative estimate of drug-likeness (QED) is 0.836. The van der Waals surface area contributed by atoms with Gasteiger partial charge in [0.2, 0.25) is 5.88 Å². The Kier molecular flexibility index (Phi) is 5.54. The highest BCUT2D eigenvalue weighted by molar-refractivity contribution is 7.90. The average Bonchev–Trinajstić information content (AvgIpc) is 2.46. The van der Waals surface area contributed by atoms with Gasteiger partial charge in [-0.15, -0.1) is 0 Å². The van der Waals surface area contributed by atoms with E-state index in [-0.39, 0.29) is 6.10 Å². The third-order valence-electron chi connectivity index (χ3n) is 3.04. The Morgan fingerprint density at radius 1 is 1.17 bits per heavy atom. The van der Waals surface area contributed by atoms with Crippen LogP contribution in [0.1, 0.15) is 19.4 Å². The number of nitrogens with one attached hydrogen (secondary N) is 1. The maximum absolute atomic E-state index is 11.4. The van der Waals surface area contributed by atoms with Crippen LogP contribution < -0.4 is 10.1 Å². The van der Waals surface area contributed by atoms with E-state index in [1.54, 1.807) is 24.5 Å². The number of hydrogen-bond donors (Lipinski definition) is 1. The van der Waals surface area contributed by atoms with Crippen molar-refractivity contribution >= 4 is 15.7 Å². The van der Waals surface area contributed by atoms with E-state index in [4.69, 9.17) is 4.74 Å². The molecule has 0 atom stereocenters. The first-order valence-corrected chi connectivity index (χ1v) is 9.25. The molecule has 1 heterocycles. The van der Waals surface area contributed by atoms with Crippen molar-refractivity contribution in [3.05, 3.63) is 42.2 Å². The van der Waals surface area contributed by atoms with Crippen molar-refractivity contribution < 1.29 is 13.2 Å². The molecule has 0 saturated heterocycles. The summed E-state index contributed by atoms with van der Waals surface area (Å²) in [5.41, 5.74) is 1.05. The molecule has 6 nitrogen and oxygen atoms in total. The molecule has 1 aromatic carbocycles. The van der Waals surface area contributed by atoms with Crippen molar-refractivity contribution in [3.63, 3.8) is 0 Å². The molecule has 23 heavy (non-hydrogen) atoms. The van der Waals surface area contributed by atoms with Crippen LogP contribution in [0.4, 0.5) is 5.82 Å². The summed E-state index contributed by atoms with van der Waals surface area (Å²) in [4.78, 5) is 8.73. The lowest BCUT2D eigenvalue weighted by atomic mass is 10.1. The third kappa shape index (κ3) is 5.52. The Hall–Kier alpha value is -2.15. The second kappa shape index (κ2) is 7.41. The van der Waals surface area contributed by atoms with Crippen molar-refractivity contribution in [1.29, 1.82) is 0 Å². The normalized spacial score (nSPS) is 11.5. The zero-order valence-electron chi connectivity index (χ0n) is 13.5. The summed E-state index contributed by atoms with van der Waals surface area (Å²) >= 11 is 0. The minimum atomic E-state index is -3.15. The van der Waals surface area contributed by atoms with E-state index in [0.29, 0.717) is 23.1 Å². The van der Waals surface area contributed by atoms with Gasteiger partial charge in [-0.1, -0.05) is 12.1 Å². The minimum absolute atomic E-state index is 0.0490. The molecule has 0 amide bonds. The molecule has 0 aliphatic carbocycles. The lowest BCUT2D eigenvalue weighted by Gasteiger charge is -2.10. The van der Waals surface area contributed by atoms with Crippen molar-refractivity contribution in [3.8, 4) is 5.88 Å². The monoisotopic (exact) mass is 335 g/mol. The van der Waals surface area contributed by atoms with Gasteiger partial charge in [-0.3, -0.25) is 4.98 Å². The number of ether oxygens (including phenoxy) is 1. The smallest absolute Gasteiger partial charge is 0.234 e. The highest BCUT2D eigenvalue weighted by Crippen LogP contribution is 2.12. The van der Waals surface area contributed by atoms with Crippen LogP contribution in [0.5, 0.6) is 5.88 Å². The van der Waals surface area contributed by atoms with Crippen LogP contribution in [0.2, 0.25) is 0 Å². The second-order valence-electron chi connectivity index (χ2n) is 5.50. The largest absolute Gasteiger partial charge is 0.474 e. The van der Waals surface area contributed by atoms with Crippen LogP contribution in [0.15, 0.2) is 41.6 Å². The maximum atomic E-state index is 11.4. The predicted molar refractivity (Wildman–Crippen MR) is 89.5 cm³/mol. The third-order valence-corrected chi connectivity index (χ3v) is 4.17. The van der Waals surface area contributed by atoms with Crippen molar-refractivity contribution in [2.24, 2.45) is 0 Å². The summed E-state index contributed by atoms with van der Waals surface area (Å²) in [7, 11) is -3.15. The van der Waals surface area contributed by atoms with E-state index in [1.165, 1.54) is 6.26 Å². The zero-order valence-corrected chi connectivity index (χ0v) is 14.3. The van der Waals surface area contributed by atoms with Crippen LogP contribution in [0.3, 0.4) is 0 Å². The van der Waals surface area contributed by atoms with Crippen LogP contribution in [-0.2, 0) is 16.3 Å². The average molecular weight is 335 g/mol. The number of sulfone groups is 1. The molecular formula is C16H21N3O3S. The molecule has 0 saturated carbocycles. The van der Waals surface area contributed by atoms with Gasteiger partial charge in [0.05, 0.1) is 23.4 Å². The molecule has 0 radical (unpaired) electrons. The first kappa shape index (κ1) is 17.2. The Balaban J connectivity index is 1.90. The van der Waals surface area contributed by atoms with Gasteiger partial charge < -0.3 is 10.1 Å². The van der Waals surface area contributed by atoms with Crippen LogP contribution in [-0.4, -0.2) is 37.3 Å².